The normalized spacial score (nSPS) is 10.5. The van der Waals surface area contributed by atoms with Crippen LogP contribution in [0.5, 0.6) is 5.75 Å². The highest BCUT2D eigenvalue weighted by Gasteiger charge is 2.06. The quantitative estimate of drug-likeness (QED) is 0.559. The third-order valence-corrected chi connectivity index (χ3v) is 5.20. The van der Waals surface area contributed by atoms with Gasteiger partial charge in [0, 0.05) is 17.1 Å². The molecule has 0 unspecified atom stereocenters. The molecule has 144 valence electrons. The lowest BCUT2D eigenvalue weighted by Gasteiger charge is -2.06. The second kappa shape index (κ2) is 10.1. The summed E-state index contributed by atoms with van der Waals surface area (Å²) in [6.07, 6.45) is 0.774. The van der Waals surface area contributed by atoms with E-state index in [1.807, 2.05) is 60.7 Å². The summed E-state index contributed by atoms with van der Waals surface area (Å²) in [6, 6.07) is 19.0. The van der Waals surface area contributed by atoms with Crippen molar-refractivity contribution in [2.45, 2.75) is 11.4 Å². The molecule has 2 aromatic carbocycles. The molecule has 0 aliphatic heterocycles. The Morgan fingerprint density at radius 1 is 1.04 bits per heavy atom. The zero-order chi connectivity index (χ0) is 19.8. The van der Waals surface area contributed by atoms with Crippen LogP contribution in [0.4, 0.5) is 0 Å². The molecule has 0 spiro atoms. The number of ether oxygens (including phenoxy) is 1. The predicted molar refractivity (Wildman–Crippen MR) is 113 cm³/mol. The number of methoxy groups -OCH3 is 1. The van der Waals surface area contributed by atoms with Gasteiger partial charge in [0.25, 0.3) is 0 Å². The Labute approximate surface area is 173 Å². The van der Waals surface area contributed by atoms with Crippen molar-refractivity contribution in [3.05, 3.63) is 71.2 Å². The van der Waals surface area contributed by atoms with E-state index in [4.69, 9.17) is 16.3 Å². The fourth-order valence-electron chi connectivity index (χ4n) is 2.50. The average Bonchev–Trinajstić information content (AvgIpc) is 2.74. The minimum Gasteiger partial charge on any atom is -0.497 e. The minimum atomic E-state index is -0.0258. The predicted octanol–water partition coefficient (Wildman–Crippen LogP) is 4.26. The van der Waals surface area contributed by atoms with E-state index in [0.717, 1.165) is 29.0 Å². The molecule has 1 N–H and O–H groups in total. The number of nitrogens with one attached hydrogen (secondary N) is 1. The van der Waals surface area contributed by atoms with Gasteiger partial charge in [-0.2, -0.15) is 0 Å². The molecule has 1 amide bonds. The van der Waals surface area contributed by atoms with Gasteiger partial charge in [0.05, 0.1) is 18.6 Å². The van der Waals surface area contributed by atoms with Crippen molar-refractivity contribution >= 4 is 29.3 Å². The van der Waals surface area contributed by atoms with Gasteiger partial charge in [-0.1, -0.05) is 47.6 Å². The fourth-order valence-corrected chi connectivity index (χ4v) is 3.27. The molecule has 0 aliphatic rings. The SMILES string of the molecule is COc1ccc(CCNC(=O)CSc2ccc(-c3ccc(Cl)cc3)nn2)cc1. The highest BCUT2D eigenvalue weighted by atomic mass is 35.5. The molecule has 1 heterocycles. The molecule has 1 aromatic heterocycles. The Kier molecular flexibility index (Phi) is 7.28. The molecule has 0 radical (unpaired) electrons. The van der Waals surface area contributed by atoms with Crippen molar-refractivity contribution in [1.29, 1.82) is 0 Å². The zero-order valence-electron chi connectivity index (χ0n) is 15.4. The zero-order valence-corrected chi connectivity index (χ0v) is 17.0. The number of rotatable bonds is 8. The van der Waals surface area contributed by atoms with E-state index in [2.05, 4.69) is 15.5 Å². The molecule has 0 bridgehead atoms. The number of amides is 1. The first-order valence-corrected chi connectivity index (χ1v) is 10.1. The summed E-state index contributed by atoms with van der Waals surface area (Å²) in [5.74, 6) is 1.10. The summed E-state index contributed by atoms with van der Waals surface area (Å²) in [7, 11) is 1.64. The van der Waals surface area contributed by atoms with Crippen LogP contribution in [0, 0.1) is 0 Å². The van der Waals surface area contributed by atoms with Crippen LogP contribution in [0.15, 0.2) is 65.7 Å². The topological polar surface area (TPSA) is 64.1 Å². The average molecular weight is 414 g/mol. The highest BCUT2D eigenvalue weighted by molar-refractivity contribution is 7.99. The Bertz CT molecular complexity index is 900. The van der Waals surface area contributed by atoms with Gasteiger partial charge in [0.15, 0.2) is 0 Å². The first-order valence-electron chi connectivity index (χ1n) is 8.76. The van der Waals surface area contributed by atoms with Crippen molar-refractivity contribution in [1.82, 2.24) is 15.5 Å². The molecule has 28 heavy (non-hydrogen) atoms. The van der Waals surface area contributed by atoms with Crippen LogP contribution in [0.25, 0.3) is 11.3 Å². The van der Waals surface area contributed by atoms with Crippen LogP contribution >= 0.6 is 23.4 Å². The molecule has 0 aliphatic carbocycles. The van der Waals surface area contributed by atoms with Crippen molar-refractivity contribution in [2.75, 3.05) is 19.4 Å². The van der Waals surface area contributed by atoms with E-state index >= 15 is 0 Å². The summed E-state index contributed by atoms with van der Waals surface area (Å²) >= 11 is 7.26. The Balaban J connectivity index is 1.42. The van der Waals surface area contributed by atoms with Gasteiger partial charge in [0.2, 0.25) is 5.91 Å². The summed E-state index contributed by atoms with van der Waals surface area (Å²) in [6.45, 7) is 0.590. The lowest BCUT2D eigenvalue weighted by molar-refractivity contribution is -0.118. The third kappa shape index (κ3) is 5.97. The molecule has 3 rings (SSSR count). The number of carbonyl (C=O) groups is 1. The minimum absolute atomic E-state index is 0.0258. The number of carbonyl (C=O) groups excluding carboxylic acids is 1. The smallest absolute Gasteiger partial charge is 0.230 e. The van der Waals surface area contributed by atoms with Crippen molar-refractivity contribution in [3.63, 3.8) is 0 Å². The molecular weight excluding hydrogens is 394 g/mol. The molecule has 0 atom stereocenters. The van der Waals surface area contributed by atoms with Crippen molar-refractivity contribution < 1.29 is 9.53 Å². The largest absolute Gasteiger partial charge is 0.497 e. The highest BCUT2D eigenvalue weighted by Crippen LogP contribution is 2.21. The van der Waals surface area contributed by atoms with Crippen molar-refractivity contribution in [3.8, 4) is 17.0 Å². The van der Waals surface area contributed by atoms with Crippen LogP contribution in [0.2, 0.25) is 5.02 Å². The summed E-state index contributed by atoms with van der Waals surface area (Å²) in [5, 5.41) is 12.7. The molecule has 0 saturated heterocycles. The van der Waals surface area contributed by atoms with Crippen LogP contribution in [-0.4, -0.2) is 35.5 Å². The lowest BCUT2D eigenvalue weighted by Crippen LogP contribution is -2.27. The first kappa shape index (κ1) is 20.2. The van der Waals surface area contributed by atoms with Crippen LogP contribution in [0.3, 0.4) is 0 Å². The Morgan fingerprint density at radius 3 is 2.43 bits per heavy atom. The third-order valence-electron chi connectivity index (χ3n) is 4.03. The molecule has 7 heteroatoms. The maximum absolute atomic E-state index is 12.0. The standard InChI is InChI=1S/C21H20ClN3O2S/c1-27-18-8-2-15(3-9-18)12-13-23-20(26)14-28-21-11-10-19(24-25-21)16-4-6-17(22)7-5-16/h2-11H,12-14H2,1H3,(H,23,26). The number of aromatic nitrogens is 2. The monoisotopic (exact) mass is 413 g/mol. The number of hydrogen-bond acceptors (Lipinski definition) is 5. The van der Waals surface area contributed by atoms with Gasteiger partial charge in [-0.05, 0) is 48.4 Å². The maximum atomic E-state index is 12.0. The van der Waals surface area contributed by atoms with Gasteiger partial charge < -0.3 is 10.1 Å². The van der Waals surface area contributed by atoms with E-state index in [-0.39, 0.29) is 5.91 Å². The number of benzene rings is 2. The van der Waals surface area contributed by atoms with Crippen molar-refractivity contribution in [2.24, 2.45) is 0 Å². The molecule has 5 nitrogen and oxygen atoms in total. The van der Waals surface area contributed by atoms with Gasteiger partial charge in [-0.3, -0.25) is 4.79 Å². The van der Waals surface area contributed by atoms with Gasteiger partial charge in [0.1, 0.15) is 10.8 Å². The molecular formula is C21H20ClN3O2S. The van der Waals surface area contributed by atoms with Crippen LogP contribution < -0.4 is 10.1 Å². The maximum Gasteiger partial charge on any atom is 0.230 e. The second-order valence-corrected chi connectivity index (χ2v) is 7.43. The molecule has 0 saturated carbocycles. The van der Waals surface area contributed by atoms with E-state index in [1.54, 1.807) is 7.11 Å². The first-order chi connectivity index (χ1) is 13.6. The van der Waals surface area contributed by atoms with Gasteiger partial charge in [-0.25, -0.2) is 0 Å². The van der Waals surface area contributed by atoms with E-state index in [0.29, 0.717) is 22.3 Å². The molecule has 3 aromatic rings. The van der Waals surface area contributed by atoms with Crippen LogP contribution in [0.1, 0.15) is 5.56 Å². The number of thioether (sulfide) groups is 1. The number of halogens is 1. The van der Waals surface area contributed by atoms with E-state index in [1.165, 1.54) is 11.8 Å². The Morgan fingerprint density at radius 2 is 1.79 bits per heavy atom. The second-order valence-electron chi connectivity index (χ2n) is 6.00. The fraction of sp³-hybridized carbons (Fsp3) is 0.190. The van der Waals surface area contributed by atoms with E-state index < -0.39 is 0 Å². The number of nitrogens with zero attached hydrogens (tertiary/aromatic N) is 2. The Hall–Kier alpha value is -2.57. The number of hydrogen-bond donors (Lipinski definition) is 1. The van der Waals surface area contributed by atoms with Gasteiger partial charge >= 0.3 is 0 Å². The van der Waals surface area contributed by atoms with Crippen LogP contribution in [-0.2, 0) is 11.2 Å². The lowest BCUT2D eigenvalue weighted by atomic mass is 10.1. The summed E-state index contributed by atoms with van der Waals surface area (Å²) in [4.78, 5) is 12.0. The summed E-state index contributed by atoms with van der Waals surface area (Å²) < 4.78 is 5.13. The summed E-state index contributed by atoms with van der Waals surface area (Å²) in [5.41, 5.74) is 2.87. The van der Waals surface area contributed by atoms with E-state index in [9.17, 15) is 4.79 Å². The van der Waals surface area contributed by atoms with Gasteiger partial charge in [-0.15, -0.1) is 10.2 Å². The molecule has 0 fully saturated rings.